The molecule has 84 valence electrons. The highest BCUT2D eigenvalue weighted by molar-refractivity contribution is 5.60. The Bertz CT molecular complexity index is 590. The lowest BCUT2D eigenvalue weighted by atomic mass is 10.2. The number of hydrogen-bond donors (Lipinski definition) is 1. The smallest absolute Gasteiger partial charge is 0.180 e. The number of anilines is 1. The van der Waals surface area contributed by atoms with Gasteiger partial charge in [-0.2, -0.15) is 5.26 Å². The molecular weight excluding hydrogens is 214 g/mol. The van der Waals surface area contributed by atoms with E-state index in [-0.39, 0.29) is 5.82 Å². The molecule has 5 heteroatoms. The Morgan fingerprint density at radius 1 is 1.29 bits per heavy atom. The maximum absolute atomic E-state index is 8.89. The van der Waals surface area contributed by atoms with Crippen molar-refractivity contribution in [3.05, 3.63) is 35.2 Å². The third-order valence-corrected chi connectivity index (χ3v) is 2.45. The number of aryl methyl sites for hydroxylation is 2. The van der Waals surface area contributed by atoms with Crippen LogP contribution in [0.4, 0.5) is 5.82 Å². The third-order valence-electron chi connectivity index (χ3n) is 2.45. The fraction of sp³-hybridized carbons (Fsp3) is 0.167. The summed E-state index contributed by atoms with van der Waals surface area (Å²) in [6, 6.07) is 5.76. The molecular formula is C12H11N5. The Balaban J connectivity index is 2.64. The highest BCUT2D eigenvalue weighted by Gasteiger charge is 2.12. The summed E-state index contributed by atoms with van der Waals surface area (Å²) in [6.07, 6.45) is 1.68. The lowest BCUT2D eigenvalue weighted by Crippen LogP contribution is -2.04. The van der Waals surface area contributed by atoms with Gasteiger partial charge >= 0.3 is 0 Å². The molecule has 0 unspecified atom stereocenters. The Kier molecular flexibility index (Phi) is 2.71. The van der Waals surface area contributed by atoms with Gasteiger partial charge in [-0.1, -0.05) is 6.07 Å². The van der Waals surface area contributed by atoms with Gasteiger partial charge in [0.25, 0.3) is 0 Å². The van der Waals surface area contributed by atoms with E-state index >= 15 is 0 Å². The van der Waals surface area contributed by atoms with Crippen LogP contribution in [0.2, 0.25) is 0 Å². The molecule has 0 fully saturated rings. The molecule has 0 spiro atoms. The van der Waals surface area contributed by atoms with Crippen LogP contribution in [0.5, 0.6) is 0 Å². The molecule has 0 aliphatic rings. The van der Waals surface area contributed by atoms with E-state index in [0.717, 1.165) is 5.56 Å². The molecule has 2 aromatic rings. The minimum atomic E-state index is 0.194. The van der Waals surface area contributed by atoms with Crippen molar-refractivity contribution < 1.29 is 0 Å². The van der Waals surface area contributed by atoms with Crippen molar-refractivity contribution in [2.75, 3.05) is 5.73 Å². The first-order valence-corrected chi connectivity index (χ1v) is 5.09. The zero-order chi connectivity index (χ0) is 12.4. The Morgan fingerprint density at radius 2 is 2.06 bits per heavy atom. The largest absolute Gasteiger partial charge is 0.382 e. The number of nitrogens with two attached hydrogens (primary N) is 1. The molecule has 0 aromatic carbocycles. The van der Waals surface area contributed by atoms with Crippen LogP contribution in [0.1, 0.15) is 16.8 Å². The summed E-state index contributed by atoms with van der Waals surface area (Å²) in [4.78, 5) is 12.6. The fourth-order valence-electron chi connectivity index (χ4n) is 1.56. The summed E-state index contributed by atoms with van der Waals surface area (Å²) in [5, 5.41) is 8.89. The SMILES string of the molecule is Cc1cccnc1-c1nc(C)c(C#N)c(N)n1. The Labute approximate surface area is 99.0 Å². The topological polar surface area (TPSA) is 88.5 Å². The predicted octanol–water partition coefficient (Wildman–Crippen LogP) is 1.61. The normalized spacial score (nSPS) is 9.94. The minimum Gasteiger partial charge on any atom is -0.382 e. The van der Waals surface area contributed by atoms with Crippen LogP contribution >= 0.6 is 0 Å². The van der Waals surface area contributed by atoms with E-state index in [9.17, 15) is 0 Å². The third kappa shape index (κ3) is 1.93. The fourth-order valence-corrected chi connectivity index (χ4v) is 1.56. The second-order valence-electron chi connectivity index (χ2n) is 3.67. The Morgan fingerprint density at radius 3 is 2.65 bits per heavy atom. The van der Waals surface area contributed by atoms with E-state index in [2.05, 4.69) is 15.0 Å². The second kappa shape index (κ2) is 4.18. The summed E-state index contributed by atoms with van der Waals surface area (Å²) < 4.78 is 0. The monoisotopic (exact) mass is 225 g/mol. The molecule has 0 saturated carbocycles. The molecule has 0 amide bonds. The van der Waals surface area contributed by atoms with Crippen LogP contribution in [-0.2, 0) is 0 Å². The molecule has 17 heavy (non-hydrogen) atoms. The molecule has 0 bridgehead atoms. The second-order valence-corrected chi connectivity index (χ2v) is 3.67. The van der Waals surface area contributed by atoms with Crippen LogP contribution in [0.15, 0.2) is 18.3 Å². The van der Waals surface area contributed by atoms with Crippen molar-refractivity contribution in [3.8, 4) is 17.6 Å². The number of rotatable bonds is 1. The first-order chi connectivity index (χ1) is 8.13. The maximum Gasteiger partial charge on any atom is 0.180 e. The Hall–Kier alpha value is -2.48. The van der Waals surface area contributed by atoms with Gasteiger partial charge in [0.2, 0.25) is 0 Å². The summed E-state index contributed by atoms with van der Waals surface area (Å²) in [7, 11) is 0. The lowest BCUT2D eigenvalue weighted by molar-refractivity contribution is 1.07. The van der Waals surface area contributed by atoms with Crippen molar-refractivity contribution in [3.63, 3.8) is 0 Å². The van der Waals surface area contributed by atoms with E-state index in [1.165, 1.54) is 0 Å². The summed E-state index contributed by atoms with van der Waals surface area (Å²) in [5.74, 6) is 0.650. The van der Waals surface area contributed by atoms with E-state index in [0.29, 0.717) is 22.8 Å². The molecule has 0 saturated heterocycles. The zero-order valence-corrected chi connectivity index (χ0v) is 9.60. The van der Waals surface area contributed by atoms with Crippen molar-refractivity contribution >= 4 is 5.82 Å². The first-order valence-electron chi connectivity index (χ1n) is 5.09. The van der Waals surface area contributed by atoms with Crippen molar-refractivity contribution in [1.29, 1.82) is 5.26 Å². The van der Waals surface area contributed by atoms with E-state index < -0.39 is 0 Å². The molecule has 5 nitrogen and oxygen atoms in total. The molecule has 2 aromatic heterocycles. The molecule has 2 N–H and O–H groups in total. The van der Waals surface area contributed by atoms with Gasteiger partial charge < -0.3 is 5.73 Å². The number of nitrogen functional groups attached to an aromatic ring is 1. The lowest BCUT2D eigenvalue weighted by Gasteiger charge is -2.06. The quantitative estimate of drug-likeness (QED) is 0.796. The molecule has 2 rings (SSSR count). The molecule has 0 aliphatic heterocycles. The molecule has 0 atom stereocenters. The van der Waals surface area contributed by atoms with Gasteiger partial charge in [0.15, 0.2) is 5.82 Å². The van der Waals surface area contributed by atoms with Crippen LogP contribution in [0.3, 0.4) is 0 Å². The average molecular weight is 225 g/mol. The standard InChI is InChI=1S/C12H11N5/c1-7-4-3-5-15-10(7)12-16-8(2)9(6-13)11(14)17-12/h3-5H,1-2H3,(H2,14,16,17). The number of hydrogen-bond acceptors (Lipinski definition) is 5. The number of nitriles is 1. The average Bonchev–Trinajstić information content (AvgIpc) is 2.29. The van der Waals surface area contributed by atoms with Gasteiger partial charge in [0, 0.05) is 6.20 Å². The van der Waals surface area contributed by atoms with Crippen molar-refractivity contribution in [2.24, 2.45) is 0 Å². The summed E-state index contributed by atoms with van der Waals surface area (Å²) in [6.45, 7) is 3.66. The first kappa shape index (κ1) is 11.0. The van der Waals surface area contributed by atoms with Gasteiger partial charge in [-0.15, -0.1) is 0 Å². The van der Waals surface area contributed by atoms with Crippen LogP contribution in [0, 0.1) is 25.2 Å². The van der Waals surface area contributed by atoms with Crippen LogP contribution < -0.4 is 5.73 Å². The van der Waals surface area contributed by atoms with Gasteiger partial charge in [0.05, 0.1) is 5.69 Å². The summed E-state index contributed by atoms with van der Waals surface area (Å²) >= 11 is 0. The van der Waals surface area contributed by atoms with Gasteiger partial charge in [-0.3, -0.25) is 4.98 Å². The predicted molar refractivity (Wildman–Crippen MR) is 63.9 cm³/mol. The van der Waals surface area contributed by atoms with Crippen LogP contribution in [0.25, 0.3) is 11.5 Å². The molecule has 2 heterocycles. The van der Waals surface area contributed by atoms with Gasteiger partial charge in [0.1, 0.15) is 23.1 Å². The number of nitrogens with zero attached hydrogens (tertiary/aromatic N) is 4. The zero-order valence-electron chi connectivity index (χ0n) is 9.60. The minimum absolute atomic E-state index is 0.194. The van der Waals surface area contributed by atoms with Crippen molar-refractivity contribution in [2.45, 2.75) is 13.8 Å². The highest BCUT2D eigenvalue weighted by atomic mass is 15.0. The molecule has 0 radical (unpaired) electrons. The van der Waals surface area contributed by atoms with Crippen molar-refractivity contribution in [1.82, 2.24) is 15.0 Å². The maximum atomic E-state index is 8.89. The van der Waals surface area contributed by atoms with Crippen LogP contribution in [-0.4, -0.2) is 15.0 Å². The number of pyridine rings is 1. The summed E-state index contributed by atoms with van der Waals surface area (Å²) in [5.41, 5.74) is 8.27. The van der Waals surface area contributed by atoms with Gasteiger partial charge in [-0.05, 0) is 25.5 Å². The van der Waals surface area contributed by atoms with E-state index in [4.69, 9.17) is 11.0 Å². The highest BCUT2D eigenvalue weighted by Crippen LogP contribution is 2.20. The van der Waals surface area contributed by atoms with E-state index in [1.807, 2.05) is 25.1 Å². The van der Waals surface area contributed by atoms with E-state index in [1.54, 1.807) is 13.1 Å². The number of aromatic nitrogens is 3. The van der Waals surface area contributed by atoms with Gasteiger partial charge in [-0.25, -0.2) is 9.97 Å². The molecule has 0 aliphatic carbocycles.